The van der Waals surface area contributed by atoms with E-state index in [9.17, 15) is 14.0 Å². The summed E-state index contributed by atoms with van der Waals surface area (Å²) in [4.78, 5) is 34.1. The first-order valence-corrected chi connectivity index (χ1v) is 25.0. The highest BCUT2D eigenvalue weighted by atomic mass is 35.5. The van der Waals surface area contributed by atoms with E-state index in [1.807, 2.05) is 48.0 Å². The summed E-state index contributed by atoms with van der Waals surface area (Å²) in [7, 11) is 0. The number of nitrogens with one attached hydrogen (secondary N) is 2. The Morgan fingerprint density at radius 2 is 1.27 bits per heavy atom. The van der Waals surface area contributed by atoms with Crippen molar-refractivity contribution >= 4 is 69.3 Å². The Bertz CT molecular complexity index is 3880. The summed E-state index contributed by atoms with van der Waals surface area (Å²) in [5.41, 5.74) is 6.56. The lowest BCUT2D eigenvalue weighted by atomic mass is 9.68. The van der Waals surface area contributed by atoms with Crippen LogP contribution < -0.4 is 10.6 Å². The molecule has 0 fully saturated rings. The van der Waals surface area contributed by atoms with Crippen LogP contribution >= 0.6 is 46.4 Å². The topological polar surface area (TPSA) is 154 Å². The Balaban J connectivity index is 0.997. The molecule has 3 atom stereocenters. The molecule has 0 saturated carbocycles. The number of hydrogen-bond acceptors (Lipinski definition) is 8. The third kappa shape index (κ3) is 8.25. The van der Waals surface area contributed by atoms with Crippen LogP contribution in [-0.2, 0) is 30.3 Å². The smallest absolute Gasteiger partial charge is 0.255 e. The van der Waals surface area contributed by atoms with Crippen molar-refractivity contribution in [2.45, 2.75) is 62.9 Å². The van der Waals surface area contributed by atoms with Gasteiger partial charge in [-0.25, -0.2) is 27.5 Å². The first kappa shape index (κ1) is 47.5. The molecule has 4 aromatic carbocycles. The number of carbonyl (C=O) groups is 2. The largest absolute Gasteiger partial charge is 0.342 e. The Hall–Kier alpha value is -7.50. The van der Waals surface area contributed by atoms with Gasteiger partial charge in [-0.15, -0.1) is 10.2 Å². The highest BCUT2D eigenvalue weighted by molar-refractivity contribution is 6.40. The van der Waals surface area contributed by atoms with Gasteiger partial charge in [0.05, 0.1) is 82.3 Å². The minimum Gasteiger partial charge on any atom is -0.342 e. The van der Waals surface area contributed by atoms with Gasteiger partial charge in [0, 0.05) is 36.1 Å². The lowest BCUT2D eigenvalue weighted by Crippen LogP contribution is -2.51. The first-order valence-electron chi connectivity index (χ1n) is 23.5. The van der Waals surface area contributed by atoms with E-state index in [1.165, 1.54) is 52.6 Å². The van der Waals surface area contributed by atoms with Gasteiger partial charge in [-0.2, -0.15) is 15.3 Å². The third-order valence-electron chi connectivity index (χ3n) is 14.3. The van der Waals surface area contributed by atoms with Crippen LogP contribution in [0.3, 0.4) is 0 Å². The second-order valence-electron chi connectivity index (χ2n) is 19.0. The second kappa shape index (κ2) is 18.2. The maximum Gasteiger partial charge on any atom is 0.255 e. The lowest BCUT2D eigenvalue weighted by molar-refractivity contribution is 0.0876. The van der Waals surface area contributed by atoms with Crippen LogP contribution in [0.25, 0.3) is 22.4 Å². The number of fused-ring (bicyclic) bond motifs is 6. The van der Waals surface area contributed by atoms with Gasteiger partial charge in [-0.05, 0) is 110 Å². The number of carbonyl (C=O) groups excluding carboxylic acids is 2. The molecule has 2 amide bonds. The van der Waals surface area contributed by atoms with Crippen LogP contribution in [0.4, 0.5) is 8.78 Å². The lowest BCUT2D eigenvalue weighted by Gasteiger charge is -2.42. The Kier molecular flexibility index (Phi) is 11.7. The fraction of sp³-hybridized carbons (Fsp3) is 0.185. The molecule has 2 N–H and O–H groups in total. The summed E-state index contributed by atoms with van der Waals surface area (Å²) < 4.78 is 36.8. The van der Waals surface area contributed by atoms with Gasteiger partial charge in [0.1, 0.15) is 36.4 Å². The summed E-state index contributed by atoms with van der Waals surface area (Å²) in [6, 6.07) is 27.7. The molecular weight excluding hydrogens is 1030 g/mol. The van der Waals surface area contributed by atoms with Gasteiger partial charge in [0.15, 0.2) is 0 Å². The number of hydrogen-bond donors (Lipinski definition) is 2. The zero-order valence-electron chi connectivity index (χ0n) is 39.3. The SMILES string of the molecule is Cc1ccc2c3c(nn2c1)C(c1cccc(C2(NC(=O)c4c(Cl)cc(-n5cnc(C)n5)cc4Cl)CCc4nn5cc(F)ccc5c4C2)c1)CC(NC(=O)c1c(Cl)cc(-n2cnnc2)cc1Cl)(c1cccc(F)c1)C3. The van der Waals surface area contributed by atoms with Crippen molar-refractivity contribution in [2.24, 2.45) is 0 Å². The number of halogens is 6. The molecule has 0 spiro atoms. The average molecular weight is 1070 g/mol. The minimum atomic E-state index is -1.27. The highest BCUT2D eigenvalue weighted by Gasteiger charge is 2.47. The number of rotatable bonds is 9. The van der Waals surface area contributed by atoms with Crippen molar-refractivity contribution in [1.82, 2.24) is 59.4 Å². The molecule has 2 aliphatic rings. The van der Waals surface area contributed by atoms with E-state index in [4.69, 9.17) is 56.6 Å². The molecule has 6 aromatic heterocycles. The summed E-state index contributed by atoms with van der Waals surface area (Å²) in [6.45, 7) is 3.74. The predicted octanol–water partition coefficient (Wildman–Crippen LogP) is 10.9. The van der Waals surface area contributed by atoms with Crippen LogP contribution in [-0.4, -0.2) is 60.6 Å². The van der Waals surface area contributed by atoms with Crippen LogP contribution in [0.2, 0.25) is 20.1 Å². The summed E-state index contributed by atoms with van der Waals surface area (Å²) >= 11 is 27.7. The van der Waals surface area contributed by atoms with Crippen LogP contribution in [0.1, 0.15) is 90.1 Å². The molecule has 370 valence electrons. The molecule has 0 aliphatic heterocycles. The number of aryl methyl sites for hydroxylation is 3. The van der Waals surface area contributed by atoms with Crippen LogP contribution in [0.15, 0.2) is 128 Å². The van der Waals surface area contributed by atoms with Crippen LogP contribution in [0.5, 0.6) is 0 Å². The molecule has 2 aliphatic carbocycles. The molecule has 20 heteroatoms. The van der Waals surface area contributed by atoms with Crippen molar-refractivity contribution in [1.29, 1.82) is 0 Å². The number of benzene rings is 4. The molecule has 0 bridgehead atoms. The van der Waals surface area contributed by atoms with E-state index in [0.29, 0.717) is 41.1 Å². The van der Waals surface area contributed by atoms with E-state index in [2.05, 4.69) is 37.0 Å². The monoisotopic (exact) mass is 1070 g/mol. The first-order chi connectivity index (χ1) is 35.6. The summed E-state index contributed by atoms with van der Waals surface area (Å²) in [6.07, 6.45) is 9.31. The zero-order chi connectivity index (χ0) is 51.2. The molecule has 0 saturated heterocycles. The quantitative estimate of drug-likeness (QED) is 0.145. The summed E-state index contributed by atoms with van der Waals surface area (Å²) in [5, 5.41) is 29.3. The third-order valence-corrected chi connectivity index (χ3v) is 15.5. The van der Waals surface area contributed by atoms with Crippen molar-refractivity contribution in [3.63, 3.8) is 0 Å². The van der Waals surface area contributed by atoms with Crippen molar-refractivity contribution in [3.05, 3.63) is 222 Å². The van der Waals surface area contributed by atoms with Crippen molar-refractivity contribution < 1.29 is 18.4 Å². The van der Waals surface area contributed by atoms with E-state index in [1.54, 1.807) is 54.0 Å². The van der Waals surface area contributed by atoms with Gasteiger partial charge >= 0.3 is 0 Å². The van der Waals surface area contributed by atoms with Gasteiger partial charge in [-0.3, -0.25) is 14.2 Å². The minimum absolute atomic E-state index is 0.0360. The molecular formula is C54H40Cl4F2N12O2. The van der Waals surface area contributed by atoms with Gasteiger partial charge in [0.25, 0.3) is 11.8 Å². The molecule has 10 aromatic rings. The van der Waals surface area contributed by atoms with E-state index < -0.39 is 40.4 Å². The number of nitrogens with zero attached hydrogens (tertiary/aromatic N) is 10. The molecule has 74 heavy (non-hydrogen) atoms. The number of amides is 2. The normalized spacial score (nSPS) is 18.4. The summed E-state index contributed by atoms with van der Waals surface area (Å²) in [5.74, 6) is -2.01. The van der Waals surface area contributed by atoms with E-state index in [-0.39, 0.29) is 50.5 Å². The molecule has 14 nitrogen and oxygen atoms in total. The fourth-order valence-corrected chi connectivity index (χ4v) is 12.2. The Labute approximate surface area is 440 Å². The molecule has 0 radical (unpaired) electrons. The fourth-order valence-electron chi connectivity index (χ4n) is 10.9. The Morgan fingerprint density at radius 1 is 0.649 bits per heavy atom. The second-order valence-corrected chi connectivity index (χ2v) is 20.6. The standard InChI is InChI=1S/C54H40Cl4F2N12O2/c1-29-9-11-47-40-23-54(33-7-4-8-34(59)16-33,65-52(74)48-41(55)17-36(18-42(48)56)69-27-62-63-28-69)21-38(50(40)68-70(47)24-29)31-5-3-6-32(15-31)53(14-13-45-39(22-53)46-12-10-35(60)25-71(46)67-45)64-51(73)49-43(57)19-37(20-44(49)58)72-26-61-30(2)66-72/h3-12,15-20,24-28,38H,13-14,21-23H2,1-2H3,(H,64,73)(H,65,74). The van der Waals surface area contributed by atoms with Gasteiger partial charge in [-0.1, -0.05) is 88.9 Å². The van der Waals surface area contributed by atoms with Gasteiger partial charge in [0.2, 0.25) is 0 Å². The van der Waals surface area contributed by atoms with Crippen molar-refractivity contribution in [3.8, 4) is 11.4 Å². The van der Waals surface area contributed by atoms with Gasteiger partial charge < -0.3 is 10.6 Å². The van der Waals surface area contributed by atoms with E-state index >= 15 is 4.39 Å². The zero-order valence-corrected chi connectivity index (χ0v) is 42.3. The molecule has 3 unspecified atom stereocenters. The maximum atomic E-state index is 15.6. The molecule has 6 heterocycles. The molecule has 12 rings (SSSR count). The maximum absolute atomic E-state index is 15.6. The number of aromatic nitrogens is 10. The van der Waals surface area contributed by atoms with E-state index in [0.717, 1.165) is 44.7 Å². The number of pyridine rings is 2. The van der Waals surface area contributed by atoms with Crippen molar-refractivity contribution in [2.75, 3.05) is 0 Å². The predicted molar refractivity (Wildman–Crippen MR) is 276 cm³/mol. The van der Waals surface area contributed by atoms with Crippen LogP contribution in [0, 0.1) is 25.5 Å². The average Bonchev–Trinajstić information content (AvgIpc) is 4.20. The Morgan fingerprint density at radius 3 is 1.96 bits per heavy atom. The highest BCUT2D eigenvalue weighted by Crippen LogP contribution is 2.49.